The Kier molecular flexibility index (Phi) is 3.54. The summed E-state index contributed by atoms with van der Waals surface area (Å²) >= 11 is 0. The SMILES string of the molecule is CCc1ncnc(NCc2cccnn2)c1F. The van der Waals surface area contributed by atoms with Gasteiger partial charge >= 0.3 is 0 Å². The number of aromatic nitrogens is 4. The van der Waals surface area contributed by atoms with Gasteiger partial charge in [-0.2, -0.15) is 10.2 Å². The number of halogens is 1. The van der Waals surface area contributed by atoms with Gasteiger partial charge in [0.05, 0.1) is 17.9 Å². The van der Waals surface area contributed by atoms with Gasteiger partial charge in [0.25, 0.3) is 0 Å². The largest absolute Gasteiger partial charge is 0.362 e. The fourth-order valence-corrected chi connectivity index (χ4v) is 1.38. The Morgan fingerprint density at radius 3 is 2.94 bits per heavy atom. The molecule has 5 nitrogen and oxygen atoms in total. The standard InChI is InChI=1S/C11H12FN5/c1-2-9-10(12)11(15-7-14-9)13-6-8-4-3-5-16-17-8/h3-5,7H,2,6H2,1H3,(H,13,14,15). The Labute approximate surface area is 98.1 Å². The third-order valence-corrected chi connectivity index (χ3v) is 2.26. The molecule has 0 aliphatic rings. The Bertz CT molecular complexity index is 488. The van der Waals surface area contributed by atoms with Gasteiger partial charge in [-0.15, -0.1) is 0 Å². The highest BCUT2D eigenvalue weighted by Crippen LogP contribution is 2.13. The van der Waals surface area contributed by atoms with Gasteiger partial charge in [0.2, 0.25) is 0 Å². The van der Waals surface area contributed by atoms with E-state index in [2.05, 4.69) is 25.5 Å². The molecule has 0 atom stereocenters. The van der Waals surface area contributed by atoms with Crippen LogP contribution in [0.1, 0.15) is 18.3 Å². The van der Waals surface area contributed by atoms with Crippen molar-refractivity contribution in [2.24, 2.45) is 0 Å². The molecule has 0 unspecified atom stereocenters. The monoisotopic (exact) mass is 233 g/mol. The molecule has 2 rings (SSSR count). The fourth-order valence-electron chi connectivity index (χ4n) is 1.38. The number of nitrogens with one attached hydrogen (secondary N) is 1. The number of hydrogen-bond donors (Lipinski definition) is 1. The average molecular weight is 233 g/mol. The van der Waals surface area contributed by atoms with Crippen molar-refractivity contribution in [3.05, 3.63) is 41.9 Å². The third kappa shape index (κ3) is 2.72. The van der Waals surface area contributed by atoms with E-state index in [1.165, 1.54) is 6.33 Å². The molecule has 0 saturated heterocycles. The number of nitrogens with zero attached hydrogens (tertiary/aromatic N) is 4. The number of hydrogen-bond acceptors (Lipinski definition) is 5. The Morgan fingerprint density at radius 2 is 2.24 bits per heavy atom. The summed E-state index contributed by atoms with van der Waals surface area (Å²) in [6.45, 7) is 2.22. The first-order chi connectivity index (χ1) is 8.31. The molecule has 6 heteroatoms. The molecule has 2 heterocycles. The normalized spacial score (nSPS) is 10.2. The number of aryl methyl sites for hydroxylation is 1. The average Bonchev–Trinajstić information content (AvgIpc) is 2.39. The van der Waals surface area contributed by atoms with Crippen LogP contribution >= 0.6 is 0 Å². The van der Waals surface area contributed by atoms with Gasteiger partial charge in [0.1, 0.15) is 6.33 Å². The summed E-state index contributed by atoms with van der Waals surface area (Å²) in [5, 5.41) is 10.5. The van der Waals surface area contributed by atoms with Crippen molar-refractivity contribution in [2.45, 2.75) is 19.9 Å². The van der Waals surface area contributed by atoms with Crippen LogP contribution in [0.5, 0.6) is 0 Å². The summed E-state index contributed by atoms with van der Waals surface area (Å²) in [5.41, 5.74) is 1.13. The maximum Gasteiger partial charge on any atom is 0.186 e. The van der Waals surface area contributed by atoms with Crippen molar-refractivity contribution < 1.29 is 4.39 Å². The number of anilines is 1. The molecule has 0 fully saturated rings. The van der Waals surface area contributed by atoms with Crippen molar-refractivity contribution >= 4 is 5.82 Å². The Hall–Kier alpha value is -2.11. The van der Waals surface area contributed by atoms with Gasteiger partial charge in [0, 0.05) is 6.20 Å². The van der Waals surface area contributed by atoms with Crippen LogP contribution in [0.25, 0.3) is 0 Å². The van der Waals surface area contributed by atoms with E-state index >= 15 is 0 Å². The smallest absolute Gasteiger partial charge is 0.186 e. The molecule has 0 aliphatic heterocycles. The minimum Gasteiger partial charge on any atom is -0.362 e. The predicted octanol–water partition coefficient (Wildman–Crippen LogP) is 1.58. The molecule has 2 aromatic rings. The topological polar surface area (TPSA) is 63.6 Å². The van der Waals surface area contributed by atoms with E-state index in [-0.39, 0.29) is 5.82 Å². The van der Waals surface area contributed by atoms with Crippen molar-refractivity contribution in [3.8, 4) is 0 Å². The quantitative estimate of drug-likeness (QED) is 0.868. The molecular formula is C11H12FN5. The van der Waals surface area contributed by atoms with Crippen LogP contribution in [0.4, 0.5) is 10.2 Å². The van der Waals surface area contributed by atoms with Gasteiger partial charge in [-0.05, 0) is 18.6 Å². The molecule has 0 saturated carbocycles. The molecular weight excluding hydrogens is 221 g/mol. The van der Waals surface area contributed by atoms with E-state index in [4.69, 9.17) is 0 Å². The lowest BCUT2D eigenvalue weighted by atomic mass is 10.3. The van der Waals surface area contributed by atoms with Gasteiger partial charge < -0.3 is 5.32 Å². The van der Waals surface area contributed by atoms with Crippen molar-refractivity contribution in [3.63, 3.8) is 0 Å². The zero-order valence-electron chi connectivity index (χ0n) is 9.39. The molecule has 17 heavy (non-hydrogen) atoms. The maximum atomic E-state index is 13.8. The van der Waals surface area contributed by atoms with Crippen LogP contribution in [0, 0.1) is 5.82 Å². The highest BCUT2D eigenvalue weighted by molar-refractivity contribution is 5.37. The van der Waals surface area contributed by atoms with Crippen molar-refractivity contribution in [1.29, 1.82) is 0 Å². The second-order valence-corrected chi connectivity index (χ2v) is 3.41. The van der Waals surface area contributed by atoms with E-state index in [1.54, 1.807) is 18.3 Å². The first-order valence-corrected chi connectivity index (χ1v) is 5.31. The zero-order chi connectivity index (χ0) is 12.1. The molecule has 0 aromatic carbocycles. The van der Waals surface area contributed by atoms with E-state index in [0.717, 1.165) is 5.69 Å². The summed E-state index contributed by atoms with van der Waals surface area (Å²) in [4.78, 5) is 7.71. The summed E-state index contributed by atoms with van der Waals surface area (Å²) in [6, 6.07) is 3.58. The molecule has 0 spiro atoms. The first-order valence-electron chi connectivity index (χ1n) is 5.31. The summed E-state index contributed by atoms with van der Waals surface area (Å²) in [5.74, 6) is -0.207. The van der Waals surface area contributed by atoms with Gasteiger partial charge in [-0.25, -0.2) is 14.4 Å². The van der Waals surface area contributed by atoms with Crippen molar-refractivity contribution in [1.82, 2.24) is 20.2 Å². The molecule has 0 bridgehead atoms. The van der Waals surface area contributed by atoms with E-state index < -0.39 is 5.82 Å². The minimum atomic E-state index is -0.404. The van der Waals surface area contributed by atoms with Gasteiger partial charge in [-0.1, -0.05) is 6.92 Å². The van der Waals surface area contributed by atoms with Gasteiger partial charge in [-0.3, -0.25) is 0 Å². The molecule has 0 radical (unpaired) electrons. The maximum absolute atomic E-state index is 13.8. The van der Waals surface area contributed by atoms with E-state index in [1.807, 2.05) is 6.92 Å². The van der Waals surface area contributed by atoms with E-state index in [9.17, 15) is 4.39 Å². The summed E-state index contributed by atoms with van der Waals surface area (Å²) in [6.07, 6.45) is 3.47. The Morgan fingerprint density at radius 1 is 1.35 bits per heavy atom. The van der Waals surface area contributed by atoms with Crippen LogP contribution in [0.3, 0.4) is 0 Å². The summed E-state index contributed by atoms with van der Waals surface area (Å²) in [7, 11) is 0. The lowest BCUT2D eigenvalue weighted by molar-refractivity contribution is 0.596. The van der Waals surface area contributed by atoms with Crippen LogP contribution in [0.2, 0.25) is 0 Å². The molecule has 0 amide bonds. The molecule has 1 N–H and O–H groups in total. The van der Waals surface area contributed by atoms with Crippen LogP contribution < -0.4 is 5.32 Å². The minimum absolute atomic E-state index is 0.197. The van der Waals surface area contributed by atoms with Gasteiger partial charge in [0.15, 0.2) is 11.6 Å². The zero-order valence-corrected chi connectivity index (χ0v) is 9.39. The molecule has 2 aromatic heterocycles. The molecule has 88 valence electrons. The second kappa shape index (κ2) is 5.29. The third-order valence-electron chi connectivity index (χ3n) is 2.26. The summed E-state index contributed by atoms with van der Waals surface area (Å²) < 4.78 is 13.8. The first kappa shape index (κ1) is 11.4. The molecule has 0 aliphatic carbocycles. The lowest BCUT2D eigenvalue weighted by Crippen LogP contribution is -2.08. The predicted molar refractivity (Wildman–Crippen MR) is 60.7 cm³/mol. The van der Waals surface area contributed by atoms with Crippen LogP contribution in [0.15, 0.2) is 24.7 Å². The second-order valence-electron chi connectivity index (χ2n) is 3.41. The van der Waals surface area contributed by atoms with E-state index in [0.29, 0.717) is 18.7 Å². The van der Waals surface area contributed by atoms with Crippen LogP contribution in [-0.2, 0) is 13.0 Å². The van der Waals surface area contributed by atoms with Crippen LogP contribution in [-0.4, -0.2) is 20.2 Å². The lowest BCUT2D eigenvalue weighted by Gasteiger charge is -2.07. The highest BCUT2D eigenvalue weighted by Gasteiger charge is 2.09. The fraction of sp³-hybridized carbons (Fsp3) is 0.273. The van der Waals surface area contributed by atoms with Crippen molar-refractivity contribution in [2.75, 3.05) is 5.32 Å². The Balaban J connectivity index is 2.09. The highest BCUT2D eigenvalue weighted by atomic mass is 19.1. The number of rotatable bonds is 4.